The number of nitrogens with zero attached hydrogens (tertiary/aromatic N) is 12. The largest absolute Gasteiger partial charge is 0.512 e. The molecule has 0 fully saturated rings. The maximum absolute atomic E-state index is 10.0. The summed E-state index contributed by atoms with van der Waals surface area (Å²) in [5.41, 5.74) is 22.2. The van der Waals surface area contributed by atoms with Gasteiger partial charge in [0.2, 0.25) is 0 Å². The first-order chi connectivity index (χ1) is 65.0. The molecular formula is C118H87Ir7N12O2-7. The van der Waals surface area contributed by atoms with E-state index in [4.69, 9.17) is 25.0 Å². The molecule has 8 aromatic heterocycles. The van der Waals surface area contributed by atoms with Crippen LogP contribution in [-0.2, 0) is 153 Å². The molecular weight excluding hydrogens is 2960 g/mol. The van der Waals surface area contributed by atoms with Gasteiger partial charge in [0.1, 0.15) is 0 Å². The van der Waals surface area contributed by atoms with Gasteiger partial charge < -0.3 is 32.8 Å². The molecule has 21 heteroatoms. The van der Waals surface area contributed by atoms with Crippen LogP contribution in [0.5, 0.6) is 0 Å². The summed E-state index contributed by atoms with van der Waals surface area (Å²) in [4.78, 5) is 42.2. The van der Waals surface area contributed by atoms with Gasteiger partial charge >= 0.3 is 0 Å². The average Bonchev–Trinajstić information content (AvgIpc) is 1.60. The Bertz CT molecular complexity index is 7770. The molecule has 0 aliphatic carbocycles. The number of allylic oxidation sites excluding steroid dienone is 2. The molecule has 0 bridgehead atoms. The minimum atomic E-state index is -0.125. The van der Waals surface area contributed by atoms with Gasteiger partial charge in [-0.2, -0.15) is 0 Å². The molecule has 24 aromatic rings. The predicted octanol–water partition coefficient (Wildman–Crippen LogP) is 27.5. The average molecular weight is 3050 g/mol. The Kier molecular flexibility index (Phi) is 41.7. The standard InChI is InChI=1S/C19H11N2.2C19H13N2.C16H12N.C15H11N2.C15H10N.C10H9N2.C5H8O2.7Ir/c1-2-9-15-13(7-1)14-8-3-5-11-17(14)21-18-12-6-4-10-16(18)20-19(15)21;2*1-3-9-15(10-4-1)19-20-17-13-7-8-14-18(17)21(19)16-11-5-2-6-12-16;1-12-11-14-9-5-6-10-15(14)17-16(12)13-7-3-2-4-8-13;1-3-7-13(8-4-1)15-16-11-12-17(15)14-9-5-2-6-10-14;1-2-7-13(8-3-1)15-14-9-5-4-6-12(14)10-11-16-15;1-12-8-7-11-10(12)9-5-3-2-4-6-9;1-4(6)3-5(2)7;;;;;;;/h1-8,10-12H;2*1-9,11-14H;2-7,9-11H,1H3;1-7,9-12H;1-7,9-11H;2-5,7-8H,1H3;3,6H,1-2H3;;;;;;;/q7*-1;;;;;;;;. The Morgan fingerprint density at radius 1 is 0.309 bits per heavy atom. The first kappa shape index (κ1) is 108. The number of fused-ring (bicyclic) bond motifs is 12. The number of aryl methyl sites for hydroxylation is 2. The van der Waals surface area contributed by atoms with Gasteiger partial charge in [0.25, 0.3) is 0 Å². The van der Waals surface area contributed by atoms with E-state index in [-0.39, 0.29) is 152 Å². The van der Waals surface area contributed by atoms with Crippen LogP contribution < -0.4 is 0 Å². The molecule has 24 rings (SSSR count). The minimum absolute atomic E-state index is 0. The second kappa shape index (κ2) is 53.8. The monoisotopic (exact) mass is 3050 g/mol. The zero-order chi connectivity index (χ0) is 90.2. The van der Waals surface area contributed by atoms with Gasteiger partial charge in [-0.05, 0) is 145 Å². The fourth-order valence-corrected chi connectivity index (χ4v) is 15.5. The molecule has 0 aliphatic rings. The number of carbonyl (C=O) groups is 1. The van der Waals surface area contributed by atoms with Crippen molar-refractivity contribution in [3.8, 4) is 85.1 Å². The van der Waals surface area contributed by atoms with E-state index in [9.17, 15) is 4.79 Å². The van der Waals surface area contributed by atoms with Gasteiger partial charge in [0.05, 0.1) is 73.3 Å². The maximum atomic E-state index is 10.0. The number of aliphatic hydroxyl groups excluding tert-OH is 1. The van der Waals surface area contributed by atoms with Crippen LogP contribution in [0.2, 0.25) is 0 Å². The van der Waals surface area contributed by atoms with E-state index >= 15 is 0 Å². The zero-order valence-corrected chi connectivity index (χ0v) is 92.0. The third-order valence-electron chi connectivity index (χ3n) is 21.5. The van der Waals surface area contributed by atoms with Crippen molar-refractivity contribution in [2.24, 2.45) is 7.05 Å². The Morgan fingerprint density at radius 2 is 0.691 bits per heavy atom. The van der Waals surface area contributed by atoms with Crippen molar-refractivity contribution < 1.29 is 151 Å². The van der Waals surface area contributed by atoms with Crippen LogP contribution in [0.4, 0.5) is 0 Å². The smallest absolute Gasteiger partial charge is 0.155 e. The number of rotatable bonds is 10. The summed E-state index contributed by atoms with van der Waals surface area (Å²) in [6.45, 7) is 4.94. The van der Waals surface area contributed by atoms with Crippen LogP contribution >= 0.6 is 0 Å². The maximum Gasteiger partial charge on any atom is 0.155 e. The van der Waals surface area contributed by atoms with Crippen molar-refractivity contribution in [2.45, 2.75) is 20.8 Å². The molecule has 0 amide bonds. The quantitative estimate of drug-likeness (QED) is 0.0610. The van der Waals surface area contributed by atoms with Crippen LogP contribution in [0.3, 0.4) is 0 Å². The van der Waals surface area contributed by atoms with Gasteiger partial charge in [0.15, 0.2) is 5.78 Å². The third kappa shape index (κ3) is 26.7. The summed E-state index contributed by atoms with van der Waals surface area (Å²) < 4.78 is 10.6. The van der Waals surface area contributed by atoms with Crippen LogP contribution in [0.1, 0.15) is 19.4 Å². The van der Waals surface area contributed by atoms with E-state index in [1.54, 1.807) is 6.20 Å². The number of hydrogen-bond donors (Lipinski definition) is 1. The SMILES string of the molecule is CC(=O)C=C(C)O.Cc1cc2ccccc2nc1-c1[c-]cccc1.Cn1ccnc1-c1[c-]cccc1.[Ir].[Ir].[Ir].[Ir].[Ir].[Ir].[Ir].[c-]1cccc2c1c1nc3ccccc3n1c1ccccc21.[c-]1ccccc1-c1nc2ccccc2n1-c1ccccc1.[c-]1ccccc1-c1nc2ccccc2n1-c1ccccc1.[c-]1ccccc1-c1nccc2ccccc12.[c-]1ccccc1-c1nccn1-c1ccccc1. The van der Waals surface area contributed by atoms with Crippen LogP contribution in [0.15, 0.2) is 455 Å². The molecule has 0 saturated heterocycles. The van der Waals surface area contributed by atoms with Gasteiger partial charge in [-0.1, -0.05) is 169 Å². The van der Waals surface area contributed by atoms with Gasteiger partial charge in [0, 0.05) is 207 Å². The normalized spacial score (nSPS) is 10.3. The number of benzene rings is 16. The molecule has 0 saturated carbocycles. The molecule has 0 atom stereocenters. The number of aromatic nitrogens is 12. The first-order valence-electron chi connectivity index (χ1n) is 43.2. The van der Waals surface area contributed by atoms with E-state index < -0.39 is 0 Å². The second-order valence-corrected chi connectivity index (χ2v) is 30.5. The van der Waals surface area contributed by atoms with Crippen molar-refractivity contribution in [1.82, 2.24) is 57.6 Å². The number of ketones is 1. The molecule has 8 heterocycles. The topological polar surface area (TPSA) is 152 Å². The summed E-state index contributed by atoms with van der Waals surface area (Å²) >= 11 is 0. The number of imidazole rings is 5. The molecule has 14 nitrogen and oxygen atoms in total. The van der Waals surface area contributed by atoms with E-state index in [2.05, 4.69) is 204 Å². The fourth-order valence-electron chi connectivity index (χ4n) is 15.5. The number of carbonyl (C=O) groups excluding carboxylic acids is 1. The second-order valence-electron chi connectivity index (χ2n) is 30.5. The molecule has 0 spiro atoms. The van der Waals surface area contributed by atoms with Crippen LogP contribution in [-0.4, -0.2) is 68.4 Å². The van der Waals surface area contributed by atoms with E-state index in [1.165, 1.54) is 57.9 Å². The van der Waals surface area contributed by atoms with Crippen molar-refractivity contribution >= 4 is 87.9 Å². The first-order valence-corrected chi connectivity index (χ1v) is 43.2. The summed E-state index contributed by atoms with van der Waals surface area (Å²) in [7, 11) is 1.98. The van der Waals surface area contributed by atoms with Crippen molar-refractivity contribution in [3.63, 3.8) is 0 Å². The van der Waals surface area contributed by atoms with Crippen molar-refractivity contribution in [3.05, 3.63) is 503 Å². The van der Waals surface area contributed by atoms with Crippen LogP contribution in [0.25, 0.3) is 167 Å². The Morgan fingerprint density at radius 3 is 1.17 bits per heavy atom. The molecule has 0 unspecified atom stereocenters. The van der Waals surface area contributed by atoms with E-state index in [0.29, 0.717) is 0 Å². The fraction of sp³-hybridized carbons (Fsp3) is 0.0339. The van der Waals surface area contributed by atoms with E-state index in [0.717, 1.165) is 135 Å². The Labute approximate surface area is 903 Å². The summed E-state index contributed by atoms with van der Waals surface area (Å²) in [5, 5.41) is 15.5. The summed E-state index contributed by atoms with van der Waals surface area (Å²) in [6, 6.07) is 161. The minimum Gasteiger partial charge on any atom is -0.512 e. The molecule has 16 aromatic carbocycles. The number of pyridine rings is 3. The third-order valence-corrected chi connectivity index (χ3v) is 21.5. The predicted molar refractivity (Wildman–Crippen MR) is 536 cm³/mol. The summed E-state index contributed by atoms with van der Waals surface area (Å²) in [6.07, 6.45) is 10.5. The Balaban J connectivity index is 0.000000165. The number of para-hydroxylation sites is 11. The van der Waals surface area contributed by atoms with Crippen molar-refractivity contribution in [1.29, 1.82) is 0 Å². The molecule has 1 N–H and O–H groups in total. The van der Waals surface area contributed by atoms with Gasteiger partial charge in [-0.15, -0.1) is 245 Å². The number of aliphatic hydroxyl groups is 1. The Hall–Kier alpha value is -13.1. The van der Waals surface area contributed by atoms with Crippen LogP contribution in [0, 0.1) is 49.4 Å². The number of hydrogen-bond acceptors (Lipinski definition) is 9. The van der Waals surface area contributed by atoms with Gasteiger partial charge in [-0.3, -0.25) is 34.7 Å². The summed E-state index contributed by atoms with van der Waals surface area (Å²) in [5.74, 6) is 3.64. The zero-order valence-electron chi connectivity index (χ0n) is 75.3. The molecule has 0 aliphatic heterocycles. The molecule has 139 heavy (non-hydrogen) atoms. The van der Waals surface area contributed by atoms with E-state index in [1.807, 2.05) is 328 Å². The molecule has 701 valence electrons. The van der Waals surface area contributed by atoms with Crippen molar-refractivity contribution in [2.75, 3.05) is 0 Å². The van der Waals surface area contributed by atoms with Gasteiger partial charge in [-0.25, -0.2) is 0 Å². The molecule has 7 radical (unpaired) electrons.